The lowest BCUT2D eigenvalue weighted by molar-refractivity contribution is -0.136. The first-order valence-electron chi connectivity index (χ1n) is 19.4. The van der Waals surface area contributed by atoms with Gasteiger partial charge in [-0.2, -0.15) is 0 Å². The minimum atomic E-state index is -1.87. The topological polar surface area (TPSA) is 71.1 Å². The summed E-state index contributed by atoms with van der Waals surface area (Å²) in [7, 11) is -3.74. The van der Waals surface area contributed by atoms with E-state index in [9.17, 15) is 9.59 Å². The normalized spacial score (nSPS) is 13.3. The van der Waals surface area contributed by atoms with Gasteiger partial charge in [-0.25, -0.2) is 0 Å². The molecular formula is C44H74O6Si2. The molecule has 0 aromatic heterocycles. The molecule has 294 valence electrons. The van der Waals surface area contributed by atoms with Crippen LogP contribution in [-0.2, 0) is 29.3 Å². The van der Waals surface area contributed by atoms with Gasteiger partial charge < -0.3 is 18.3 Å². The van der Waals surface area contributed by atoms with Crippen molar-refractivity contribution in [3.05, 3.63) is 57.6 Å². The molecule has 0 aliphatic carbocycles. The van der Waals surface area contributed by atoms with Gasteiger partial charge in [0.25, 0.3) is 0 Å². The third kappa shape index (κ3) is 12.7. The minimum Gasteiger partial charge on any atom is -0.426 e. The third-order valence-corrected chi connectivity index (χ3v) is 20.8. The maximum atomic E-state index is 13.2. The Morgan fingerprint density at radius 2 is 0.846 bits per heavy atom. The molecular weight excluding hydrogens is 681 g/mol. The van der Waals surface area contributed by atoms with Gasteiger partial charge >= 0.3 is 11.9 Å². The van der Waals surface area contributed by atoms with Gasteiger partial charge in [0.2, 0.25) is 0 Å². The number of benzene rings is 2. The Bertz CT molecular complexity index is 1420. The number of carbonyl (C=O) groups excluding carboxylic acids is 2. The molecule has 0 spiro atoms. The lowest BCUT2D eigenvalue weighted by Crippen LogP contribution is -2.41. The molecule has 6 nitrogen and oxygen atoms in total. The maximum Gasteiger partial charge on any atom is 0.311 e. The predicted molar refractivity (Wildman–Crippen MR) is 223 cm³/mol. The molecule has 0 unspecified atom stereocenters. The van der Waals surface area contributed by atoms with E-state index in [1.807, 2.05) is 26.0 Å². The molecule has 2 rings (SSSR count). The first kappa shape index (κ1) is 45.9. The second-order valence-electron chi connectivity index (χ2n) is 19.6. The Balaban J connectivity index is 2.05. The molecule has 0 fully saturated rings. The largest absolute Gasteiger partial charge is 0.426 e. The molecule has 0 saturated carbocycles. The standard InChI is InChI=1S/C44H74O6Si2/c1-31-27-33(3)39(43(11,12)23-25-47-51(15,16)41(5,6)7)35(29-31)49-37(45)21-19-20-22-38(46)50-36-30-32(2)28-34(4)40(36)44(13,14)24-26-48-52(17,18)42(8,9)10/h27-30H,19-26H2,1-18H3. The first-order valence-corrected chi connectivity index (χ1v) is 25.3. The molecule has 0 amide bonds. The monoisotopic (exact) mass is 755 g/mol. The fraction of sp³-hybridized carbons (Fsp3) is 0.682. The van der Waals surface area contributed by atoms with E-state index in [4.69, 9.17) is 18.3 Å². The van der Waals surface area contributed by atoms with Crippen LogP contribution in [0, 0.1) is 27.7 Å². The highest BCUT2D eigenvalue weighted by Gasteiger charge is 2.39. The summed E-state index contributed by atoms with van der Waals surface area (Å²) >= 11 is 0. The molecule has 0 heterocycles. The fourth-order valence-electron chi connectivity index (χ4n) is 6.44. The van der Waals surface area contributed by atoms with E-state index in [0.29, 0.717) is 37.6 Å². The lowest BCUT2D eigenvalue weighted by Gasteiger charge is -2.37. The third-order valence-electron chi connectivity index (χ3n) is 11.7. The van der Waals surface area contributed by atoms with E-state index >= 15 is 0 Å². The van der Waals surface area contributed by atoms with Crippen LogP contribution in [0.1, 0.15) is 141 Å². The Kier molecular flexibility index (Phi) is 15.4. The minimum absolute atomic E-state index is 0.147. The lowest BCUT2D eigenvalue weighted by atomic mass is 9.78. The Morgan fingerprint density at radius 3 is 1.13 bits per heavy atom. The second kappa shape index (κ2) is 17.5. The van der Waals surface area contributed by atoms with Crippen molar-refractivity contribution in [1.29, 1.82) is 0 Å². The predicted octanol–water partition coefficient (Wildman–Crippen LogP) is 12.4. The summed E-state index contributed by atoms with van der Waals surface area (Å²) in [5.41, 5.74) is 5.92. The zero-order valence-corrected chi connectivity index (χ0v) is 38.4. The molecule has 0 radical (unpaired) electrons. The summed E-state index contributed by atoms with van der Waals surface area (Å²) in [4.78, 5) is 26.3. The Morgan fingerprint density at radius 1 is 0.538 bits per heavy atom. The van der Waals surface area contributed by atoms with Crippen molar-refractivity contribution in [3.8, 4) is 11.5 Å². The molecule has 0 N–H and O–H groups in total. The Hall–Kier alpha value is -2.27. The van der Waals surface area contributed by atoms with Gasteiger partial charge in [0, 0.05) is 37.2 Å². The van der Waals surface area contributed by atoms with Gasteiger partial charge in [0.15, 0.2) is 16.6 Å². The molecule has 0 aliphatic heterocycles. The summed E-state index contributed by atoms with van der Waals surface area (Å²) in [6.45, 7) is 41.0. The van der Waals surface area contributed by atoms with E-state index in [1.165, 1.54) is 0 Å². The molecule has 0 atom stereocenters. The number of hydrogen-bond acceptors (Lipinski definition) is 6. The zero-order chi connectivity index (χ0) is 40.1. The van der Waals surface area contributed by atoms with Crippen molar-refractivity contribution in [2.75, 3.05) is 13.2 Å². The van der Waals surface area contributed by atoms with Crippen LogP contribution in [-0.4, -0.2) is 41.8 Å². The van der Waals surface area contributed by atoms with Gasteiger partial charge in [-0.1, -0.05) is 81.4 Å². The molecule has 0 saturated heterocycles. The molecule has 8 heteroatoms. The van der Waals surface area contributed by atoms with Crippen LogP contribution in [0.3, 0.4) is 0 Å². The summed E-state index contributed by atoms with van der Waals surface area (Å²) in [5.74, 6) is 0.676. The summed E-state index contributed by atoms with van der Waals surface area (Å²) in [6, 6.07) is 8.24. The van der Waals surface area contributed by atoms with Crippen LogP contribution in [0.4, 0.5) is 0 Å². The van der Waals surface area contributed by atoms with Gasteiger partial charge in [-0.15, -0.1) is 0 Å². The molecule has 0 bridgehead atoms. The summed E-state index contributed by atoms with van der Waals surface area (Å²) in [6.07, 6.45) is 3.16. The number of aryl methyl sites for hydroxylation is 4. The second-order valence-corrected chi connectivity index (χ2v) is 29.2. The van der Waals surface area contributed by atoms with Crippen LogP contribution >= 0.6 is 0 Å². The van der Waals surface area contributed by atoms with Crippen LogP contribution < -0.4 is 9.47 Å². The Labute approximate surface area is 320 Å². The van der Waals surface area contributed by atoms with Crippen LogP contribution in [0.15, 0.2) is 24.3 Å². The number of ether oxygens (including phenoxy) is 2. The number of rotatable bonds is 17. The molecule has 0 aliphatic rings. The van der Waals surface area contributed by atoms with Crippen molar-refractivity contribution in [2.45, 2.75) is 183 Å². The molecule has 52 heavy (non-hydrogen) atoms. The van der Waals surface area contributed by atoms with Crippen LogP contribution in [0.5, 0.6) is 11.5 Å². The highest BCUT2D eigenvalue weighted by molar-refractivity contribution is 6.74. The van der Waals surface area contributed by atoms with Crippen molar-refractivity contribution < 1.29 is 27.9 Å². The number of esters is 2. The van der Waals surface area contributed by atoms with E-state index in [-0.39, 0.29) is 45.7 Å². The first-order chi connectivity index (χ1) is 23.5. The average molecular weight is 755 g/mol. The quantitative estimate of drug-likeness (QED) is 0.0693. The fourth-order valence-corrected chi connectivity index (χ4v) is 8.54. The molecule has 2 aromatic carbocycles. The van der Waals surface area contributed by atoms with E-state index in [0.717, 1.165) is 46.2 Å². The van der Waals surface area contributed by atoms with Crippen LogP contribution in [0.2, 0.25) is 36.3 Å². The zero-order valence-electron chi connectivity index (χ0n) is 36.4. The van der Waals surface area contributed by atoms with Crippen molar-refractivity contribution in [2.24, 2.45) is 0 Å². The SMILES string of the molecule is Cc1cc(C)c(C(C)(C)CCO[Si](C)(C)C(C)(C)C)c(OC(=O)CCCCC(=O)Oc2cc(C)cc(C)c2C(C)(C)CCO[Si](C)(C)C(C)(C)C)c1. The summed E-state index contributed by atoms with van der Waals surface area (Å²) < 4.78 is 25.1. The summed E-state index contributed by atoms with van der Waals surface area (Å²) in [5, 5.41) is 0.294. The van der Waals surface area contributed by atoms with E-state index in [1.54, 1.807) is 0 Å². The van der Waals surface area contributed by atoms with Gasteiger partial charge in [-0.3, -0.25) is 9.59 Å². The number of carbonyl (C=O) groups is 2. The number of hydrogen-bond donors (Lipinski definition) is 0. The highest BCUT2D eigenvalue weighted by atomic mass is 28.4. The van der Waals surface area contributed by atoms with Crippen molar-refractivity contribution in [3.63, 3.8) is 0 Å². The van der Waals surface area contributed by atoms with E-state index < -0.39 is 16.6 Å². The molecule has 2 aromatic rings. The maximum absolute atomic E-state index is 13.2. The van der Waals surface area contributed by atoms with Gasteiger partial charge in [-0.05, 0) is 135 Å². The van der Waals surface area contributed by atoms with Crippen molar-refractivity contribution >= 4 is 28.6 Å². The average Bonchev–Trinajstić information content (AvgIpc) is 2.92. The van der Waals surface area contributed by atoms with Gasteiger partial charge in [0.1, 0.15) is 11.5 Å². The smallest absolute Gasteiger partial charge is 0.311 e. The van der Waals surface area contributed by atoms with Crippen LogP contribution in [0.25, 0.3) is 0 Å². The van der Waals surface area contributed by atoms with E-state index in [2.05, 4.69) is 121 Å². The van der Waals surface area contributed by atoms with Crippen molar-refractivity contribution in [1.82, 2.24) is 0 Å². The number of unbranched alkanes of at least 4 members (excludes halogenated alkanes) is 1. The van der Waals surface area contributed by atoms with Gasteiger partial charge in [0.05, 0.1) is 0 Å². The highest BCUT2D eigenvalue weighted by Crippen LogP contribution is 2.42.